The first-order valence-corrected chi connectivity index (χ1v) is 8.35. The quantitative estimate of drug-likeness (QED) is 0.753. The number of carbonyl (C=O) groups is 1. The van der Waals surface area contributed by atoms with Crippen LogP contribution < -0.4 is 15.0 Å². The number of benzene rings is 1. The Bertz CT molecular complexity index is 848. The molecule has 0 aliphatic carbocycles. The molecule has 1 unspecified atom stereocenters. The van der Waals surface area contributed by atoms with Crippen molar-refractivity contribution >= 4 is 29.2 Å². The first kappa shape index (κ1) is 19.1. The molecule has 1 amide bonds. The van der Waals surface area contributed by atoms with E-state index in [1.165, 1.54) is 24.4 Å². The average Bonchev–Trinajstić information content (AvgIpc) is 3.07. The summed E-state index contributed by atoms with van der Waals surface area (Å²) in [5.74, 6) is -0.345. The minimum Gasteiger partial charge on any atom is -0.465 e. The fourth-order valence-corrected chi connectivity index (χ4v) is 3.00. The van der Waals surface area contributed by atoms with E-state index < -0.39 is 18.2 Å². The van der Waals surface area contributed by atoms with Gasteiger partial charge >= 0.3 is 12.3 Å². The molecule has 0 bridgehead atoms. The summed E-state index contributed by atoms with van der Waals surface area (Å²) in [6.45, 7) is 0.118. The normalized spacial score (nSPS) is 17.0. The van der Waals surface area contributed by atoms with Gasteiger partial charge in [-0.05, 0) is 30.7 Å². The summed E-state index contributed by atoms with van der Waals surface area (Å²) in [4.78, 5) is 16.3. The zero-order chi connectivity index (χ0) is 19.6. The SMILES string of the molecule is O=C(O)Nc1ccc(Oc2ccnc(N3CCC(C(F)(F)F)C3)c2)c(Cl)c1. The van der Waals surface area contributed by atoms with Gasteiger partial charge in [0.1, 0.15) is 17.3 Å². The number of rotatable bonds is 4. The molecular formula is C17H15ClF3N3O3. The molecule has 27 heavy (non-hydrogen) atoms. The number of pyridine rings is 1. The zero-order valence-corrected chi connectivity index (χ0v) is 14.6. The van der Waals surface area contributed by atoms with Crippen LogP contribution in [-0.2, 0) is 0 Å². The van der Waals surface area contributed by atoms with Gasteiger partial charge < -0.3 is 14.7 Å². The molecule has 1 aromatic heterocycles. The van der Waals surface area contributed by atoms with E-state index in [1.807, 2.05) is 0 Å². The van der Waals surface area contributed by atoms with E-state index in [1.54, 1.807) is 17.0 Å². The zero-order valence-electron chi connectivity index (χ0n) is 13.8. The monoisotopic (exact) mass is 401 g/mol. The van der Waals surface area contributed by atoms with E-state index in [2.05, 4.69) is 10.3 Å². The second-order valence-electron chi connectivity index (χ2n) is 6.00. The lowest BCUT2D eigenvalue weighted by atomic mass is 10.1. The van der Waals surface area contributed by atoms with Gasteiger partial charge in [0.25, 0.3) is 0 Å². The van der Waals surface area contributed by atoms with Crippen molar-refractivity contribution in [2.45, 2.75) is 12.6 Å². The third kappa shape index (κ3) is 4.73. The van der Waals surface area contributed by atoms with Gasteiger partial charge in [0.15, 0.2) is 0 Å². The number of nitrogens with zero attached hydrogens (tertiary/aromatic N) is 2. The molecule has 2 heterocycles. The van der Waals surface area contributed by atoms with Crippen LogP contribution in [0.25, 0.3) is 0 Å². The maximum Gasteiger partial charge on any atom is 0.409 e. The van der Waals surface area contributed by atoms with Crippen molar-refractivity contribution in [1.82, 2.24) is 4.98 Å². The van der Waals surface area contributed by atoms with Crippen molar-refractivity contribution in [2.24, 2.45) is 5.92 Å². The summed E-state index contributed by atoms with van der Waals surface area (Å²) in [5, 5.41) is 11.0. The van der Waals surface area contributed by atoms with E-state index in [4.69, 9.17) is 21.4 Å². The van der Waals surface area contributed by atoms with Crippen molar-refractivity contribution in [2.75, 3.05) is 23.3 Å². The highest BCUT2D eigenvalue weighted by molar-refractivity contribution is 6.32. The Balaban J connectivity index is 1.72. The number of halogens is 4. The van der Waals surface area contributed by atoms with Gasteiger partial charge in [-0.25, -0.2) is 9.78 Å². The molecule has 1 fully saturated rings. The number of carboxylic acid groups (broad SMARTS) is 1. The molecule has 144 valence electrons. The smallest absolute Gasteiger partial charge is 0.409 e. The van der Waals surface area contributed by atoms with Crippen LogP contribution in [0.5, 0.6) is 11.5 Å². The van der Waals surface area contributed by atoms with Gasteiger partial charge in [-0.3, -0.25) is 5.32 Å². The molecular weight excluding hydrogens is 387 g/mol. The molecule has 0 spiro atoms. The molecule has 10 heteroatoms. The van der Waals surface area contributed by atoms with Crippen molar-refractivity contribution < 1.29 is 27.8 Å². The van der Waals surface area contributed by atoms with Gasteiger partial charge in [-0.1, -0.05) is 11.6 Å². The number of anilines is 2. The first-order chi connectivity index (χ1) is 12.7. The van der Waals surface area contributed by atoms with Crippen LogP contribution in [0, 0.1) is 5.92 Å². The maximum atomic E-state index is 12.8. The van der Waals surface area contributed by atoms with Gasteiger partial charge in [-0.2, -0.15) is 13.2 Å². The second-order valence-corrected chi connectivity index (χ2v) is 6.41. The van der Waals surface area contributed by atoms with Crippen LogP contribution in [0.4, 0.5) is 29.5 Å². The van der Waals surface area contributed by atoms with Crippen LogP contribution in [-0.4, -0.2) is 35.4 Å². The highest BCUT2D eigenvalue weighted by Gasteiger charge is 2.43. The lowest BCUT2D eigenvalue weighted by Gasteiger charge is -2.19. The van der Waals surface area contributed by atoms with Crippen LogP contribution in [0.2, 0.25) is 5.02 Å². The molecule has 1 saturated heterocycles. The van der Waals surface area contributed by atoms with Gasteiger partial charge in [-0.15, -0.1) is 0 Å². The van der Waals surface area contributed by atoms with E-state index in [9.17, 15) is 18.0 Å². The van der Waals surface area contributed by atoms with Crippen LogP contribution in [0.3, 0.4) is 0 Å². The highest BCUT2D eigenvalue weighted by Crippen LogP contribution is 2.36. The van der Waals surface area contributed by atoms with Crippen molar-refractivity contribution in [3.63, 3.8) is 0 Å². The summed E-state index contributed by atoms with van der Waals surface area (Å²) in [5.41, 5.74) is 0.283. The number of hydrogen-bond donors (Lipinski definition) is 2. The third-order valence-corrected chi connectivity index (χ3v) is 4.40. The molecule has 2 N–H and O–H groups in total. The summed E-state index contributed by atoms with van der Waals surface area (Å²) in [6.07, 6.45) is -3.97. The largest absolute Gasteiger partial charge is 0.465 e. The number of ether oxygens (including phenoxy) is 1. The summed E-state index contributed by atoms with van der Waals surface area (Å²) in [7, 11) is 0. The number of hydrogen-bond acceptors (Lipinski definition) is 4. The molecule has 1 atom stereocenters. The van der Waals surface area contributed by atoms with Gasteiger partial charge in [0.2, 0.25) is 0 Å². The Labute approximate surface area is 157 Å². The molecule has 1 aliphatic rings. The highest BCUT2D eigenvalue weighted by atomic mass is 35.5. The van der Waals surface area contributed by atoms with Gasteiger partial charge in [0, 0.05) is 31.0 Å². The van der Waals surface area contributed by atoms with Crippen LogP contribution in [0.1, 0.15) is 6.42 Å². The van der Waals surface area contributed by atoms with Gasteiger partial charge in [0.05, 0.1) is 10.9 Å². The minimum absolute atomic E-state index is 0.0279. The maximum absolute atomic E-state index is 12.8. The summed E-state index contributed by atoms with van der Waals surface area (Å²) in [6, 6.07) is 7.45. The number of amides is 1. The standard InChI is InChI=1S/C17H15ClF3N3O3/c18-13-7-11(23-16(25)26)1-2-14(13)27-12-3-5-22-15(8-12)24-6-4-10(9-24)17(19,20)21/h1-3,5,7-8,10,23H,4,6,9H2,(H,25,26). The minimum atomic E-state index is -4.22. The molecule has 1 aromatic carbocycles. The van der Waals surface area contributed by atoms with E-state index in [-0.39, 0.29) is 36.0 Å². The van der Waals surface area contributed by atoms with E-state index in [0.717, 1.165) is 0 Å². The Kier molecular flexibility index (Phi) is 5.31. The fourth-order valence-electron chi connectivity index (χ4n) is 2.78. The summed E-state index contributed by atoms with van der Waals surface area (Å²) < 4.78 is 44.2. The lowest BCUT2D eigenvalue weighted by molar-refractivity contribution is -0.168. The molecule has 3 rings (SSSR count). The Hall–Kier alpha value is -2.68. The second kappa shape index (κ2) is 7.51. The lowest BCUT2D eigenvalue weighted by Crippen LogP contribution is -2.27. The van der Waals surface area contributed by atoms with E-state index in [0.29, 0.717) is 11.6 Å². The van der Waals surface area contributed by atoms with E-state index >= 15 is 0 Å². The predicted molar refractivity (Wildman–Crippen MR) is 93.8 cm³/mol. The third-order valence-electron chi connectivity index (χ3n) is 4.10. The van der Waals surface area contributed by atoms with Crippen molar-refractivity contribution in [3.05, 3.63) is 41.6 Å². The van der Waals surface area contributed by atoms with Crippen molar-refractivity contribution in [3.8, 4) is 11.5 Å². The Morgan fingerprint density at radius 2 is 2.11 bits per heavy atom. The Morgan fingerprint density at radius 3 is 2.74 bits per heavy atom. The number of alkyl halides is 3. The Morgan fingerprint density at radius 1 is 1.33 bits per heavy atom. The molecule has 6 nitrogen and oxygen atoms in total. The average molecular weight is 402 g/mol. The van der Waals surface area contributed by atoms with Crippen LogP contribution in [0.15, 0.2) is 36.5 Å². The molecule has 0 radical (unpaired) electrons. The first-order valence-electron chi connectivity index (χ1n) is 7.97. The molecule has 1 aliphatic heterocycles. The number of aromatic nitrogens is 1. The molecule has 2 aromatic rings. The topological polar surface area (TPSA) is 74.7 Å². The molecule has 0 saturated carbocycles. The number of nitrogens with one attached hydrogen (secondary N) is 1. The predicted octanol–water partition coefficient (Wildman–Crippen LogP) is 5.01. The van der Waals surface area contributed by atoms with Crippen molar-refractivity contribution in [1.29, 1.82) is 0 Å². The summed E-state index contributed by atoms with van der Waals surface area (Å²) >= 11 is 6.09. The van der Waals surface area contributed by atoms with Crippen LogP contribution >= 0.6 is 11.6 Å². The fraction of sp³-hybridized carbons (Fsp3) is 0.294.